The highest BCUT2D eigenvalue weighted by Gasteiger charge is 2.29. The number of aromatic amines is 1. The summed E-state index contributed by atoms with van der Waals surface area (Å²) in [5.74, 6) is -0.742. The molecule has 0 saturated heterocycles. The minimum Gasteiger partial charge on any atom is -0.494 e. The van der Waals surface area contributed by atoms with Gasteiger partial charge >= 0.3 is 0 Å². The largest absolute Gasteiger partial charge is 0.494 e. The van der Waals surface area contributed by atoms with Crippen LogP contribution in [0, 0.1) is 32.1 Å². The molecule has 1 aliphatic heterocycles. The Morgan fingerprint density at radius 1 is 1.19 bits per heavy atom. The number of hydrogen-bond donors (Lipinski definition) is 2. The third-order valence-corrected chi connectivity index (χ3v) is 4.69. The zero-order valence-electron chi connectivity index (χ0n) is 15.4. The van der Waals surface area contributed by atoms with Crippen LogP contribution in [0.25, 0.3) is 6.08 Å². The minimum atomic E-state index is -0.672. The summed E-state index contributed by atoms with van der Waals surface area (Å²) in [4.78, 5) is 26.9. The minimum absolute atomic E-state index is 0.106. The molecule has 0 spiro atoms. The number of hydrogen-bond acceptors (Lipinski definition) is 5. The van der Waals surface area contributed by atoms with Crippen molar-refractivity contribution in [1.29, 1.82) is 5.26 Å². The first kappa shape index (κ1) is 18.1. The molecule has 1 aromatic heterocycles. The van der Waals surface area contributed by atoms with Crippen molar-refractivity contribution < 1.29 is 9.90 Å². The number of aromatic nitrogens is 1. The quantitative estimate of drug-likeness (QED) is 0.800. The maximum Gasteiger partial charge on any atom is 0.280 e. The Morgan fingerprint density at radius 3 is 2.52 bits per heavy atom. The lowest BCUT2D eigenvalue weighted by Gasteiger charge is -2.13. The fourth-order valence-corrected chi connectivity index (χ4v) is 2.89. The number of rotatable bonds is 2. The fourth-order valence-electron chi connectivity index (χ4n) is 2.89. The number of nitrogens with zero attached hydrogens (tertiary/aromatic N) is 3. The van der Waals surface area contributed by atoms with Crippen LogP contribution in [-0.2, 0) is 4.79 Å². The van der Waals surface area contributed by atoms with E-state index in [2.05, 4.69) is 10.1 Å². The van der Waals surface area contributed by atoms with E-state index in [0.29, 0.717) is 17.0 Å². The summed E-state index contributed by atoms with van der Waals surface area (Å²) in [6, 6.07) is 7.43. The van der Waals surface area contributed by atoms with Gasteiger partial charge in [-0.15, -0.1) is 0 Å². The van der Waals surface area contributed by atoms with Gasteiger partial charge in [0.05, 0.1) is 17.0 Å². The summed E-state index contributed by atoms with van der Waals surface area (Å²) in [6.45, 7) is 7.18. The van der Waals surface area contributed by atoms with Crippen LogP contribution >= 0.6 is 0 Å². The number of pyridine rings is 1. The van der Waals surface area contributed by atoms with Gasteiger partial charge in [-0.05, 0) is 62.6 Å². The smallest absolute Gasteiger partial charge is 0.280 e. The first-order valence-electron chi connectivity index (χ1n) is 8.29. The van der Waals surface area contributed by atoms with Crippen LogP contribution in [0.2, 0.25) is 0 Å². The van der Waals surface area contributed by atoms with Gasteiger partial charge in [-0.1, -0.05) is 6.07 Å². The average Bonchev–Trinajstić information content (AvgIpc) is 2.88. The van der Waals surface area contributed by atoms with Crippen LogP contribution in [0.4, 0.5) is 5.69 Å². The molecule has 27 heavy (non-hydrogen) atoms. The number of anilines is 1. The summed E-state index contributed by atoms with van der Waals surface area (Å²) < 4.78 is 0. The maximum absolute atomic E-state index is 12.9. The lowest BCUT2D eigenvalue weighted by molar-refractivity contribution is -0.114. The number of hydrazone groups is 1. The molecule has 0 saturated carbocycles. The van der Waals surface area contributed by atoms with Crippen LogP contribution in [0.1, 0.15) is 34.7 Å². The van der Waals surface area contributed by atoms with E-state index < -0.39 is 11.4 Å². The first-order valence-corrected chi connectivity index (χ1v) is 8.29. The molecule has 0 unspecified atom stereocenters. The van der Waals surface area contributed by atoms with Crippen molar-refractivity contribution in [2.24, 2.45) is 5.10 Å². The number of H-pyrrole nitrogens is 1. The molecule has 7 heteroatoms. The third kappa shape index (κ3) is 3.02. The van der Waals surface area contributed by atoms with Gasteiger partial charge in [-0.25, -0.2) is 0 Å². The Bertz CT molecular complexity index is 1130. The number of carbonyl (C=O) groups excluding carboxylic acids is 1. The summed E-state index contributed by atoms with van der Waals surface area (Å²) in [5.41, 5.74) is 3.29. The van der Waals surface area contributed by atoms with Gasteiger partial charge in [0, 0.05) is 5.56 Å². The number of aromatic hydroxyl groups is 1. The van der Waals surface area contributed by atoms with Crippen molar-refractivity contribution in [1.82, 2.24) is 4.98 Å². The normalized spacial score (nSPS) is 15.2. The number of nitriles is 1. The van der Waals surface area contributed by atoms with Crippen molar-refractivity contribution >= 4 is 23.4 Å². The fraction of sp³-hybridized carbons (Fsp3) is 0.200. The van der Waals surface area contributed by atoms with Gasteiger partial charge in [0.2, 0.25) is 0 Å². The first-order chi connectivity index (χ1) is 12.7. The van der Waals surface area contributed by atoms with Crippen molar-refractivity contribution in [2.45, 2.75) is 27.7 Å². The van der Waals surface area contributed by atoms with Crippen LogP contribution in [-0.4, -0.2) is 21.7 Å². The average molecular weight is 362 g/mol. The molecule has 0 atom stereocenters. The highest BCUT2D eigenvalue weighted by Crippen LogP contribution is 2.29. The highest BCUT2D eigenvalue weighted by atomic mass is 16.3. The van der Waals surface area contributed by atoms with Gasteiger partial charge in [0.15, 0.2) is 5.88 Å². The highest BCUT2D eigenvalue weighted by molar-refractivity contribution is 6.32. The number of amides is 1. The summed E-state index contributed by atoms with van der Waals surface area (Å²) in [5, 5.41) is 24.9. The monoisotopic (exact) mass is 362 g/mol. The number of nitrogens with one attached hydrogen (secondary N) is 1. The Morgan fingerprint density at radius 2 is 1.89 bits per heavy atom. The van der Waals surface area contributed by atoms with Crippen molar-refractivity contribution in [3.8, 4) is 11.9 Å². The number of carbonyl (C=O) groups is 1. The molecule has 0 aliphatic carbocycles. The Kier molecular flexibility index (Phi) is 4.42. The lowest BCUT2D eigenvalue weighted by Crippen LogP contribution is -2.21. The topological polar surface area (TPSA) is 110 Å². The molecule has 1 amide bonds. The van der Waals surface area contributed by atoms with E-state index in [-0.39, 0.29) is 22.6 Å². The molecular weight excluding hydrogens is 344 g/mol. The molecule has 0 radical (unpaired) electrons. The van der Waals surface area contributed by atoms with Crippen molar-refractivity contribution in [2.75, 3.05) is 5.01 Å². The molecule has 1 aliphatic rings. The SMILES string of the molecule is CC1=NN(c2ccc(C)c(C)c2)C(=O)/C1=C/c1c(O)[nH]c(=O)c(C#N)c1C. The second-order valence-electron chi connectivity index (χ2n) is 6.46. The molecule has 3 rings (SSSR count). The predicted molar refractivity (Wildman–Crippen MR) is 103 cm³/mol. The van der Waals surface area contributed by atoms with E-state index in [9.17, 15) is 14.7 Å². The molecule has 1 aromatic carbocycles. The maximum atomic E-state index is 12.9. The molecule has 7 nitrogen and oxygen atoms in total. The zero-order valence-corrected chi connectivity index (χ0v) is 15.4. The molecule has 2 heterocycles. The lowest BCUT2D eigenvalue weighted by atomic mass is 10.0. The second-order valence-corrected chi connectivity index (χ2v) is 6.46. The molecule has 136 valence electrons. The summed E-state index contributed by atoms with van der Waals surface area (Å²) in [7, 11) is 0. The summed E-state index contributed by atoms with van der Waals surface area (Å²) >= 11 is 0. The van der Waals surface area contributed by atoms with Gasteiger partial charge in [0.25, 0.3) is 11.5 Å². The number of benzene rings is 1. The second kappa shape index (κ2) is 6.57. The van der Waals surface area contributed by atoms with Crippen LogP contribution < -0.4 is 10.6 Å². The number of aryl methyl sites for hydroxylation is 2. The molecule has 0 bridgehead atoms. The molecule has 2 N–H and O–H groups in total. The van der Waals surface area contributed by atoms with E-state index >= 15 is 0 Å². The molecular formula is C20H18N4O3. The van der Waals surface area contributed by atoms with Crippen molar-refractivity contribution in [3.63, 3.8) is 0 Å². The zero-order chi connectivity index (χ0) is 19.9. The van der Waals surface area contributed by atoms with Gasteiger partial charge < -0.3 is 5.11 Å². The van der Waals surface area contributed by atoms with E-state index in [1.807, 2.05) is 38.1 Å². The van der Waals surface area contributed by atoms with E-state index in [4.69, 9.17) is 5.26 Å². The Hall–Kier alpha value is -3.66. The van der Waals surface area contributed by atoms with Gasteiger partial charge in [0.1, 0.15) is 11.6 Å². The summed E-state index contributed by atoms with van der Waals surface area (Å²) in [6.07, 6.45) is 1.45. The Balaban J connectivity index is 2.09. The van der Waals surface area contributed by atoms with Gasteiger partial charge in [-0.2, -0.15) is 15.4 Å². The van der Waals surface area contributed by atoms with E-state index in [1.54, 1.807) is 13.8 Å². The standard InChI is InChI=1S/C20H18N4O3/c1-10-5-6-14(7-11(10)2)24-20(27)16(13(4)23-24)8-15-12(3)17(9-21)19(26)22-18(15)25/h5-8H,1-4H3,(H2,22,25,26)/b16-8+. The Labute approximate surface area is 155 Å². The van der Waals surface area contributed by atoms with Crippen LogP contribution in [0.3, 0.4) is 0 Å². The predicted octanol–water partition coefficient (Wildman–Crippen LogP) is 2.68. The molecule has 0 fully saturated rings. The third-order valence-electron chi connectivity index (χ3n) is 4.69. The van der Waals surface area contributed by atoms with Crippen molar-refractivity contribution in [3.05, 3.63) is 61.9 Å². The van der Waals surface area contributed by atoms with E-state index in [1.165, 1.54) is 11.1 Å². The van der Waals surface area contributed by atoms with E-state index in [0.717, 1.165) is 11.1 Å². The molecule has 2 aromatic rings. The van der Waals surface area contributed by atoms with Gasteiger partial charge in [-0.3, -0.25) is 14.6 Å². The van der Waals surface area contributed by atoms with Crippen LogP contribution in [0.15, 0.2) is 33.7 Å². The van der Waals surface area contributed by atoms with Crippen LogP contribution in [0.5, 0.6) is 5.88 Å².